The second-order valence-electron chi connectivity index (χ2n) is 6.19. The van der Waals surface area contributed by atoms with Crippen LogP contribution in [-0.2, 0) is 0 Å². The molecule has 0 aromatic rings. The highest BCUT2D eigenvalue weighted by Gasteiger charge is 2.18. The number of nitrogens with one attached hydrogen (secondary N) is 1. The van der Waals surface area contributed by atoms with Gasteiger partial charge in [-0.15, -0.1) is 0 Å². The molecule has 1 unspecified atom stereocenters. The minimum atomic E-state index is 0.320. The lowest BCUT2D eigenvalue weighted by Gasteiger charge is -2.32. The minimum absolute atomic E-state index is 0.320. The Labute approximate surface area is 114 Å². The summed E-state index contributed by atoms with van der Waals surface area (Å²) in [7, 11) is 0. The van der Waals surface area contributed by atoms with Gasteiger partial charge in [-0.2, -0.15) is 0 Å². The van der Waals surface area contributed by atoms with Gasteiger partial charge in [-0.1, -0.05) is 34.6 Å². The van der Waals surface area contributed by atoms with E-state index in [1.165, 1.54) is 12.8 Å². The second-order valence-corrected chi connectivity index (χ2v) is 6.19. The van der Waals surface area contributed by atoms with Crippen LogP contribution in [0.2, 0.25) is 0 Å². The predicted molar refractivity (Wildman–Crippen MR) is 81.1 cm³/mol. The van der Waals surface area contributed by atoms with Crippen LogP contribution in [0.1, 0.15) is 60.3 Å². The summed E-state index contributed by atoms with van der Waals surface area (Å²) in [4.78, 5) is 2.54. The van der Waals surface area contributed by atoms with Crippen LogP contribution >= 0.6 is 0 Å². The maximum Gasteiger partial charge on any atom is 0.0921 e. The van der Waals surface area contributed by atoms with Crippen LogP contribution in [0.4, 0.5) is 0 Å². The molecular formula is C15H33N3. The Morgan fingerprint density at radius 2 is 1.50 bits per heavy atom. The van der Waals surface area contributed by atoms with Crippen molar-refractivity contribution >= 4 is 5.84 Å². The van der Waals surface area contributed by atoms with E-state index >= 15 is 0 Å². The molecule has 0 aliphatic rings. The maximum absolute atomic E-state index is 7.51. The third-order valence-corrected chi connectivity index (χ3v) is 3.43. The number of amidine groups is 1. The monoisotopic (exact) mass is 255 g/mol. The lowest BCUT2D eigenvalue weighted by Crippen LogP contribution is -2.39. The molecule has 0 bridgehead atoms. The Bertz CT molecular complexity index is 212. The highest BCUT2D eigenvalue weighted by atomic mass is 15.2. The number of hydrogen-bond donors (Lipinski definition) is 2. The zero-order valence-corrected chi connectivity index (χ0v) is 13.0. The zero-order chi connectivity index (χ0) is 14.1. The van der Waals surface area contributed by atoms with E-state index in [9.17, 15) is 0 Å². The molecule has 0 saturated carbocycles. The SMILES string of the molecule is CCC(CC(=N)N)N(CCC(C)C)CCC(C)C. The van der Waals surface area contributed by atoms with Crippen LogP contribution < -0.4 is 5.73 Å². The van der Waals surface area contributed by atoms with Crippen LogP contribution in [0, 0.1) is 17.2 Å². The summed E-state index contributed by atoms with van der Waals surface area (Å²) in [6, 6.07) is 0.444. The Kier molecular flexibility index (Phi) is 9.08. The van der Waals surface area contributed by atoms with Crippen LogP contribution in [-0.4, -0.2) is 29.9 Å². The van der Waals surface area contributed by atoms with Crippen molar-refractivity contribution in [3.63, 3.8) is 0 Å². The lowest BCUT2D eigenvalue weighted by molar-refractivity contribution is 0.175. The van der Waals surface area contributed by atoms with Gasteiger partial charge >= 0.3 is 0 Å². The molecule has 0 radical (unpaired) electrons. The molecule has 3 heteroatoms. The molecule has 0 saturated heterocycles. The average molecular weight is 255 g/mol. The van der Waals surface area contributed by atoms with Gasteiger partial charge < -0.3 is 5.73 Å². The standard InChI is InChI=1S/C15H33N3/c1-6-14(11-15(16)17)18(9-7-12(2)3)10-8-13(4)5/h12-14H,6-11H2,1-5H3,(H3,16,17). The molecule has 0 amide bonds. The first-order valence-corrected chi connectivity index (χ1v) is 7.43. The molecule has 0 aliphatic carbocycles. The van der Waals surface area contributed by atoms with Crippen LogP contribution in [0.5, 0.6) is 0 Å². The molecular weight excluding hydrogens is 222 g/mol. The maximum atomic E-state index is 7.51. The summed E-state index contributed by atoms with van der Waals surface area (Å²) >= 11 is 0. The van der Waals surface area contributed by atoms with Gasteiger partial charge in [0, 0.05) is 12.5 Å². The van der Waals surface area contributed by atoms with Gasteiger partial charge in [0.1, 0.15) is 0 Å². The topological polar surface area (TPSA) is 53.1 Å². The van der Waals surface area contributed by atoms with Crippen molar-refractivity contribution in [1.82, 2.24) is 4.90 Å². The van der Waals surface area contributed by atoms with Gasteiger partial charge in [0.15, 0.2) is 0 Å². The summed E-state index contributed by atoms with van der Waals surface area (Å²) < 4.78 is 0. The van der Waals surface area contributed by atoms with Crippen molar-refractivity contribution < 1.29 is 0 Å². The van der Waals surface area contributed by atoms with E-state index < -0.39 is 0 Å². The van der Waals surface area contributed by atoms with Crippen molar-refractivity contribution in [2.24, 2.45) is 17.6 Å². The first kappa shape index (κ1) is 17.4. The fourth-order valence-electron chi connectivity index (χ4n) is 2.11. The Hall–Kier alpha value is -0.570. The normalized spacial score (nSPS) is 13.6. The van der Waals surface area contributed by atoms with Crippen LogP contribution in [0.3, 0.4) is 0 Å². The van der Waals surface area contributed by atoms with Crippen LogP contribution in [0.25, 0.3) is 0 Å². The van der Waals surface area contributed by atoms with E-state index in [0.717, 1.165) is 31.3 Å². The number of nitrogens with two attached hydrogens (primary N) is 1. The minimum Gasteiger partial charge on any atom is -0.388 e. The first-order valence-electron chi connectivity index (χ1n) is 7.43. The number of rotatable bonds is 10. The molecule has 0 aromatic carbocycles. The molecule has 0 heterocycles. The van der Waals surface area contributed by atoms with E-state index in [0.29, 0.717) is 18.3 Å². The summed E-state index contributed by atoms with van der Waals surface area (Å²) in [5, 5.41) is 7.51. The van der Waals surface area contributed by atoms with Crippen molar-refractivity contribution in [3.05, 3.63) is 0 Å². The second kappa shape index (κ2) is 9.37. The summed E-state index contributed by atoms with van der Waals surface area (Å²) in [6.45, 7) is 13.6. The van der Waals surface area contributed by atoms with E-state index in [4.69, 9.17) is 11.1 Å². The van der Waals surface area contributed by atoms with Gasteiger partial charge in [-0.05, 0) is 44.2 Å². The zero-order valence-electron chi connectivity index (χ0n) is 13.0. The highest BCUT2D eigenvalue weighted by Crippen LogP contribution is 2.14. The Morgan fingerprint density at radius 3 is 1.78 bits per heavy atom. The molecule has 18 heavy (non-hydrogen) atoms. The van der Waals surface area contributed by atoms with Crippen molar-refractivity contribution in [2.75, 3.05) is 13.1 Å². The van der Waals surface area contributed by atoms with Crippen molar-refractivity contribution in [1.29, 1.82) is 5.41 Å². The van der Waals surface area contributed by atoms with Gasteiger partial charge in [-0.25, -0.2) is 0 Å². The van der Waals surface area contributed by atoms with E-state index in [2.05, 4.69) is 39.5 Å². The third-order valence-electron chi connectivity index (χ3n) is 3.43. The molecule has 0 spiro atoms. The van der Waals surface area contributed by atoms with E-state index in [-0.39, 0.29) is 0 Å². The fraction of sp³-hybridized carbons (Fsp3) is 0.933. The quantitative estimate of drug-likeness (QED) is 0.464. The molecule has 108 valence electrons. The molecule has 0 fully saturated rings. The molecule has 1 atom stereocenters. The molecule has 0 rings (SSSR count). The van der Waals surface area contributed by atoms with E-state index in [1.54, 1.807) is 0 Å². The number of hydrogen-bond acceptors (Lipinski definition) is 2. The highest BCUT2D eigenvalue weighted by molar-refractivity contribution is 5.77. The largest absolute Gasteiger partial charge is 0.388 e. The van der Waals surface area contributed by atoms with Crippen LogP contribution in [0.15, 0.2) is 0 Å². The van der Waals surface area contributed by atoms with Gasteiger partial charge in [0.05, 0.1) is 5.84 Å². The summed E-state index contributed by atoms with van der Waals surface area (Å²) in [5.41, 5.74) is 5.58. The smallest absolute Gasteiger partial charge is 0.0921 e. The van der Waals surface area contributed by atoms with Crippen molar-refractivity contribution in [2.45, 2.75) is 66.3 Å². The molecule has 0 aliphatic heterocycles. The average Bonchev–Trinajstić information content (AvgIpc) is 2.25. The van der Waals surface area contributed by atoms with E-state index in [1.807, 2.05) is 0 Å². The number of nitrogens with zero attached hydrogens (tertiary/aromatic N) is 1. The van der Waals surface area contributed by atoms with Gasteiger partial charge in [0.2, 0.25) is 0 Å². The fourth-order valence-corrected chi connectivity index (χ4v) is 2.11. The summed E-state index contributed by atoms with van der Waals surface area (Å²) in [5.74, 6) is 1.80. The third kappa shape index (κ3) is 8.51. The Morgan fingerprint density at radius 1 is 1.06 bits per heavy atom. The summed E-state index contributed by atoms with van der Waals surface area (Å²) in [6.07, 6.45) is 4.25. The van der Waals surface area contributed by atoms with Gasteiger partial charge in [0.25, 0.3) is 0 Å². The molecule has 3 N–H and O–H groups in total. The predicted octanol–water partition coefficient (Wildman–Crippen LogP) is 3.49. The Balaban J connectivity index is 4.42. The van der Waals surface area contributed by atoms with Crippen molar-refractivity contribution in [3.8, 4) is 0 Å². The first-order chi connectivity index (χ1) is 8.36. The van der Waals surface area contributed by atoms with Gasteiger partial charge in [-0.3, -0.25) is 10.3 Å². The molecule has 0 aromatic heterocycles. The molecule has 3 nitrogen and oxygen atoms in total. The lowest BCUT2D eigenvalue weighted by atomic mass is 10.0.